The number of pyridine rings is 2. The second-order valence-corrected chi connectivity index (χ2v) is 8.38. The summed E-state index contributed by atoms with van der Waals surface area (Å²) in [6, 6.07) is 7.94. The third kappa shape index (κ3) is 5.52. The molecule has 2 aromatic heterocycles. The van der Waals surface area contributed by atoms with Gasteiger partial charge < -0.3 is 25.6 Å². The van der Waals surface area contributed by atoms with Crippen LogP contribution in [0.2, 0.25) is 0 Å². The highest BCUT2D eigenvalue weighted by Gasteiger charge is 2.27. The first-order valence-corrected chi connectivity index (χ1v) is 10.4. The average Bonchev–Trinajstić information content (AvgIpc) is 2.71. The first-order chi connectivity index (χ1) is 14.3. The molecule has 0 aliphatic carbocycles. The molecule has 1 amide bonds. The monoisotopic (exact) mass is 412 g/mol. The zero-order valence-electron chi connectivity index (χ0n) is 18.3. The number of aryl methyl sites for hydroxylation is 1. The highest BCUT2D eigenvalue weighted by Crippen LogP contribution is 2.25. The molecule has 8 nitrogen and oxygen atoms in total. The number of piperazine rings is 1. The summed E-state index contributed by atoms with van der Waals surface area (Å²) in [5.41, 5.74) is 8.41. The van der Waals surface area contributed by atoms with Gasteiger partial charge in [0.15, 0.2) is 5.82 Å². The average molecular weight is 413 g/mol. The Bertz CT molecular complexity index is 872. The number of nitrogen functional groups attached to an aromatic ring is 1. The van der Waals surface area contributed by atoms with E-state index in [1.165, 1.54) is 0 Å². The molecule has 0 aromatic carbocycles. The highest BCUT2D eigenvalue weighted by atomic mass is 16.6. The van der Waals surface area contributed by atoms with Crippen LogP contribution in [0.4, 0.5) is 22.1 Å². The van der Waals surface area contributed by atoms with E-state index in [1.54, 1.807) is 11.1 Å². The lowest BCUT2D eigenvalue weighted by atomic mass is 10.2. The molecule has 0 radical (unpaired) electrons. The zero-order chi connectivity index (χ0) is 21.7. The predicted molar refractivity (Wildman–Crippen MR) is 120 cm³/mol. The smallest absolute Gasteiger partial charge is 0.410 e. The Kier molecular flexibility index (Phi) is 6.64. The summed E-state index contributed by atoms with van der Waals surface area (Å²) in [6.45, 7) is 10.9. The lowest BCUT2D eigenvalue weighted by molar-refractivity contribution is 0.0240. The molecule has 162 valence electrons. The minimum Gasteiger partial charge on any atom is -0.444 e. The van der Waals surface area contributed by atoms with Crippen molar-refractivity contribution in [1.82, 2.24) is 14.9 Å². The van der Waals surface area contributed by atoms with Crippen LogP contribution in [0.5, 0.6) is 0 Å². The zero-order valence-corrected chi connectivity index (χ0v) is 18.3. The van der Waals surface area contributed by atoms with Crippen LogP contribution in [0.15, 0.2) is 30.5 Å². The number of nitrogens with two attached hydrogens (primary N) is 1. The minimum absolute atomic E-state index is 0.263. The second-order valence-electron chi connectivity index (χ2n) is 8.38. The van der Waals surface area contributed by atoms with Gasteiger partial charge in [-0.1, -0.05) is 13.0 Å². The Morgan fingerprint density at radius 2 is 1.93 bits per heavy atom. The first kappa shape index (κ1) is 21.7. The van der Waals surface area contributed by atoms with Gasteiger partial charge in [-0.15, -0.1) is 0 Å². The van der Waals surface area contributed by atoms with E-state index in [-0.39, 0.29) is 6.09 Å². The summed E-state index contributed by atoms with van der Waals surface area (Å²) in [7, 11) is 0. The minimum atomic E-state index is -0.487. The summed E-state index contributed by atoms with van der Waals surface area (Å²) >= 11 is 0. The van der Waals surface area contributed by atoms with Gasteiger partial charge in [-0.2, -0.15) is 0 Å². The summed E-state index contributed by atoms with van der Waals surface area (Å²) in [6.07, 6.45) is 2.39. The van der Waals surface area contributed by atoms with Crippen molar-refractivity contribution in [2.75, 3.05) is 42.1 Å². The molecule has 3 N–H and O–H groups in total. The van der Waals surface area contributed by atoms with Gasteiger partial charge in [0, 0.05) is 32.4 Å². The number of ether oxygens (including phenoxy) is 1. The van der Waals surface area contributed by atoms with Crippen LogP contribution in [0.25, 0.3) is 0 Å². The predicted octanol–water partition coefficient (Wildman–Crippen LogP) is 3.29. The fourth-order valence-electron chi connectivity index (χ4n) is 3.34. The maximum absolute atomic E-state index is 12.3. The third-order valence-electron chi connectivity index (χ3n) is 4.93. The molecule has 1 aliphatic rings. The number of amides is 1. The Balaban J connectivity index is 1.62. The summed E-state index contributed by atoms with van der Waals surface area (Å²) in [5.74, 6) is 1.46. The molecule has 2 aromatic rings. The molecule has 1 aliphatic heterocycles. The van der Waals surface area contributed by atoms with Crippen LogP contribution >= 0.6 is 0 Å². The van der Waals surface area contributed by atoms with Gasteiger partial charge in [-0.3, -0.25) is 0 Å². The van der Waals surface area contributed by atoms with E-state index in [0.29, 0.717) is 38.5 Å². The molecule has 0 saturated carbocycles. The van der Waals surface area contributed by atoms with Gasteiger partial charge in [0.1, 0.15) is 11.4 Å². The van der Waals surface area contributed by atoms with E-state index in [2.05, 4.69) is 27.1 Å². The van der Waals surface area contributed by atoms with Gasteiger partial charge in [0.2, 0.25) is 0 Å². The van der Waals surface area contributed by atoms with Crippen molar-refractivity contribution in [1.29, 1.82) is 0 Å². The lowest BCUT2D eigenvalue weighted by Gasteiger charge is -2.36. The Hall–Kier alpha value is -3.03. The highest BCUT2D eigenvalue weighted by molar-refractivity contribution is 5.70. The van der Waals surface area contributed by atoms with E-state index >= 15 is 0 Å². The Morgan fingerprint density at radius 1 is 1.20 bits per heavy atom. The number of carbonyl (C=O) groups excluding carboxylic acids is 1. The summed E-state index contributed by atoms with van der Waals surface area (Å²) in [4.78, 5) is 25.3. The number of carbonyl (C=O) groups is 1. The van der Waals surface area contributed by atoms with Crippen molar-refractivity contribution < 1.29 is 9.53 Å². The van der Waals surface area contributed by atoms with Crippen LogP contribution in [-0.4, -0.2) is 52.7 Å². The van der Waals surface area contributed by atoms with Crippen molar-refractivity contribution in [2.45, 2.75) is 46.3 Å². The van der Waals surface area contributed by atoms with Gasteiger partial charge in [-0.05, 0) is 51.0 Å². The van der Waals surface area contributed by atoms with Gasteiger partial charge in [0.05, 0.1) is 17.9 Å². The molecule has 1 saturated heterocycles. The van der Waals surface area contributed by atoms with Crippen molar-refractivity contribution in [3.8, 4) is 0 Å². The van der Waals surface area contributed by atoms with E-state index in [4.69, 9.17) is 10.5 Å². The molecule has 1 fully saturated rings. The molecule has 0 spiro atoms. The van der Waals surface area contributed by atoms with Gasteiger partial charge >= 0.3 is 6.09 Å². The molecule has 3 rings (SSSR count). The van der Waals surface area contributed by atoms with Crippen LogP contribution in [-0.2, 0) is 17.7 Å². The van der Waals surface area contributed by atoms with Crippen molar-refractivity contribution in [3.05, 3.63) is 41.7 Å². The van der Waals surface area contributed by atoms with Crippen molar-refractivity contribution >= 4 is 23.4 Å². The molecule has 3 heterocycles. The molecule has 0 atom stereocenters. The fraction of sp³-hybridized carbons (Fsp3) is 0.500. The molecule has 8 heteroatoms. The molecular weight excluding hydrogens is 380 g/mol. The second kappa shape index (κ2) is 9.19. The van der Waals surface area contributed by atoms with Crippen LogP contribution in [0, 0.1) is 0 Å². The van der Waals surface area contributed by atoms with Crippen molar-refractivity contribution in [2.24, 2.45) is 0 Å². The number of nitrogens with zero attached hydrogens (tertiary/aromatic N) is 4. The van der Waals surface area contributed by atoms with Crippen LogP contribution in [0.3, 0.4) is 0 Å². The normalized spacial score (nSPS) is 14.5. The Morgan fingerprint density at radius 3 is 2.57 bits per heavy atom. The largest absolute Gasteiger partial charge is 0.444 e. The first-order valence-electron chi connectivity index (χ1n) is 10.4. The molecule has 0 unspecified atom stereocenters. The van der Waals surface area contributed by atoms with Crippen LogP contribution in [0.1, 0.15) is 39.0 Å². The number of hydrogen-bond acceptors (Lipinski definition) is 7. The number of hydrogen-bond donors (Lipinski definition) is 2. The molecule has 30 heavy (non-hydrogen) atoms. The van der Waals surface area contributed by atoms with Crippen LogP contribution < -0.4 is 16.0 Å². The number of nitrogens with one attached hydrogen (secondary N) is 1. The topological polar surface area (TPSA) is 96.6 Å². The number of anilines is 3. The van der Waals surface area contributed by atoms with E-state index in [9.17, 15) is 4.79 Å². The van der Waals surface area contributed by atoms with E-state index in [0.717, 1.165) is 29.2 Å². The van der Waals surface area contributed by atoms with Gasteiger partial charge in [0.25, 0.3) is 0 Å². The third-order valence-corrected chi connectivity index (χ3v) is 4.93. The maximum atomic E-state index is 12.3. The van der Waals surface area contributed by atoms with Gasteiger partial charge in [-0.25, -0.2) is 14.8 Å². The standard InChI is InChI=1S/C22H32N6O2/c1-5-16-8-9-17(26-19(16)23)15-25-18-7-6-10-24-20(18)27-11-13-28(14-12-27)21(29)30-22(2,3)4/h6-10,25H,5,11-15H2,1-4H3,(H2,23,26). The van der Waals surface area contributed by atoms with E-state index in [1.807, 2.05) is 45.0 Å². The summed E-state index contributed by atoms with van der Waals surface area (Å²) in [5, 5.41) is 3.43. The SMILES string of the molecule is CCc1ccc(CNc2cccnc2N2CCN(C(=O)OC(C)(C)C)CC2)nc1N. The Labute approximate surface area is 178 Å². The fourth-order valence-corrected chi connectivity index (χ4v) is 3.34. The molecular formula is C22H32N6O2. The number of rotatable bonds is 5. The van der Waals surface area contributed by atoms with E-state index < -0.39 is 5.60 Å². The summed E-state index contributed by atoms with van der Waals surface area (Å²) < 4.78 is 5.48. The number of aromatic nitrogens is 2. The van der Waals surface area contributed by atoms with Crippen molar-refractivity contribution in [3.63, 3.8) is 0 Å². The molecule has 0 bridgehead atoms. The quantitative estimate of drug-likeness (QED) is 0.778. The lowest BCUT2D eigenvalue weighted by Crippen LogP contribution is -2.50. The maximum Gasteiger partial charge on any atom is 0.410 e.